The third-order valence-corrected chi connectivity index (χ3v) is 8.16. The number of aliphatic hydroxyl groups is 1. The van der Waals surface area contributed by atoms with Gasteiger partial charge in [-0.3, -0.25) is 9.59 Å². The highest BCUT2D eigenvalue weighted by Crippen LogP contribution is 2.42. The number of anilines is 1. The highest BCUT2D eigenvalue weighted by Gasteiger charge is 2.44. The molecule has 2 aromatic rings. The van der Waals surface area contributed by atoms with E-state index in [1.807, 2.05) is 4.90 Å². The standard InChI is InChI=1S/C25H31F2N5O3S/c1-25(2,35)12-30-22(33)23-31-19(24(34)32-14-5-6-15(32)8-7-14)20(36-23)17-11-29-18(9-16(17)21(26)27)28-10-13-3-4-13/h9,11,13-15,21,35H,3-8,10,12H2,1-2H3,(H,28,29)(H,30,33). The Balaban J connectivity index is 1.51. The highest BCUT2D eigenvalue weighted by atomic mass is 32.1. The summed E-state index contributed by atoms with van der Waals surface area (Å²) in [4.78, 5) is 37.2. The van der Waals surface area contributed by atoms with Crippen molar-refractivity contribution in [3.05, 3.63) is 28.5 Å². The summed E-state index contributed by atoms with van der Waals surface area (Å²) in [6.45, 7) is 3.77. The molecule has 11 heteroatoms. The molecule has 2 aliphatic heterocycles. The number of alkyl halides is 2. The van der Waals surface area contributed by atoms with Gasteiger partial charge in [0.25, 0.3) is 18.2 Å². The molecule has 36 heavy (non-hydrogen) atoms. The zero-order valence-corrected chi connectivity index (χ0v) is 21.2. The number of carbonyl (C=O) groups excluding carboxylic acids is 2. The van der Waals surface area contributed by atoms with E-state index >= 15 is 0 Å². The van der Waals surface area contributed by atoms with E-state index in [0.29, 0.717) is 18.3 Å². The lowest BCUT2D eigenvalue weighted by molar-refractivity contribution is 0.0692. The van der Waals surface area contributed by atoms with E-state index in [0.717, 1.165) is 49.9 Å². The molecule has 0 unspecified atom stereocenters. The molecule has 0 aromatic carbocycles. The van der Waals surface area contributed by atoms with E-state index in [9.17, 15) is 23.5 Å². The second kappa shape index (κ2) is 9.66. The Hall–Kier alpha value is -2.66. The minimum Gasteiger partial charge on any atom is -0.389 e. The predicted molar refractivity (Wildman–Crippen MR) is 132 cm³/mol. The van der Waals surface area contributed by atoms with E-state index in [1.54, 1.807) is 13.8 Å². The summed E-state index contributed by atoms with van der Waals surface area (Å²) in [6.07, 6.45) is 4.45. The summed E-state index contributed by atoms with van der Waals surface area (Å²) < 4.78 is 28.4. The van der Waals surface area contributed by atoms with Crippen LogP contribution in [-0.2, 0) is 0 Å². The van der Waals surface area contributed by atoms with Gasteiger partial charge in [0.05, 0.1) is 10.5 Å². The van der Waals surface area contributed by atoms with Gasteiger partial charge in [0.1, 0.15) is 11.5 Å². The van der Waals surface area contributed by atoms with Crippen molar-refractivity contribution in [3.63, 3.8) is 0 Å². The average Bonchev–Trinajstić information content (AvgIpc) is 3.25. The average molecular weight is 520 g/mol. The first kappa shape index (κ1) is 25.0. The first-order valence-electron chi connectivity index (χ1n) is 12.5. The topological polar surface area (TPSA) is 107 Å². The van der Waals surface area contributed by atoms with Gasteiger partial charge >= 0.3 is 0 Å². The Morgan fingerprint density at radius 3 is 2.44 bits per heavy atom. The number of aromatic nitrogens is 2. The highest BCUT2D eigenvalue weighted by molar-refractivity contribution is 7.17. The van der Waals surface area contributed by atoms with Crippen molar-refractivity contribution in [1.82, 2.24) is 20.2 Å². The summed E-state index contributed by atoms with van der Waals surface area (Å²) in [5.41, 5.74) is -1.28. The molecule has 3 aliphatic rings. The van der Waals surface area contributed by atoms with Crippen LogP contribution in [0.4, 0.5) is 14.6 Å². The minimum absolute atomic E-state index is 0.00889. The van der Waals surface area contributed by atoms with Gasteiger partial charge in [-0.05, 0) is 64.4 Å². The first-order chi connectivity index (χ1) is 17.1. The van der Waals surface area contributed by atoms with Gasteiger partial charge in [-0.1, -0.05) is 0 Å². The minimum atomic E-state index is -2.80. The molecular formula is C25H31F2N5O3S. The molecular weight excluding hydrogens is 488 g/mol. The van der Waals surface area contributed by atoms with Crippen LogP contribution in [0.1, 0.15) is 84.7 Å². The molecule has 2 aromatic heterocycles. The third-order valence-electron chi connectivity index (χ3n) is 7.08. The van der Waals surface area contributed by atoms with Crippen LogP contribution in [-0.4, -0.2) is 62.6 Å². The van der Waals surface area contributed by atoms with Gasteiger partial charge in [0, 0.05) is 42.5 Å². The number of rotatable bonds is 9. The molecule has 2 bridgehead atoms. The fourth-order valence-electron chi connectivity index (χ4n) is 4.99. The maximum atomic E-state index is 14.2. The molecule has 1 saturated carbocycles. The number of thiazole rings is 1. The zero-order chi connectivity index (χ0) is 25.6. The number of carbonyl (C=O) groups is 2. The van der Waals surface area contributed by atoms with Crippen molar-refractivity contribution < 1.29 is 23.5 Å². The van der Waals surface area contributed by atoms with Gasteiger partial charge in [-0.15, -0.1) is 11.3 Å². The van der Waals surface area contributed by atoms with E-state index in [-0.39, 0.29) is 51.2 Å². The van der Waals surface area contributed by atoms with Crippen molar-refractivity contribution >= 4 is 29.0 Å². The molecule has 2 amide bonds. The van der Waals surface area contributed by atoms with E-state index < -0.39 is 17.9 Å². The van der Waals surface area contributed by atoms with Crippen LogP contribution in [0.15, 0.2) is 12.3 Å². The number of hydrogen-bond donors (Lipinski definition) is 3. The van der Waals surface area contributed by atoms with E-state index in [4.69, 9.17) is 0 Å². The predicted octanol–water partition coefficient (Wildman–Crippen LogP) is 4.23. The molecule has 1 aliphatic carbocycles. The molecule has 3 fully saturated rings. The number of fused-ring (bicyclic) bond motifs is 2. The van der Waals surface area contributed by atoms with Crippen LogP contribution in [0.25, 0.3) is 10.4 Å². The molecule has 194 valence electrons. The Bertz CT molecular complexity index is 1140. The monoisotopic (exact) mass is 519 g/mol. The van der Waals surface area contributed by atoms with Crippen LogP contribution in [0, 0.1) is 5.92 Å². The third kappa shape index (κ3) is 5.22. The lowest BCUT2D eigenvalue weighted by Gasteiger charge is -2.22. The number of amides is 2. The fourth-order valence-corrected chi connectivity index (χ4v) is 6.00. The lowest BCUT2D eigenvalue weighted by Crippen LogP contribution is -2.38. The molecule has 8 nitrogen and oxygen atoms in total. The smallest absolute Gasteiger partial charge is 0.280 e. The number of nitrogens with zero attached hydrogens (tertiary/aromatic N) is 3. The fraction of sp³-hybridized carbons (Fsp3) is 0.600. The van der Waals surface area contributed by atoms with Gasteiger partial charge in [0.15, 0.2) is 5.01 Å². The summed E-state index contributed by atoms with van der Waals surface area (Å²) in [5.74, 6) is 0.0112. The molecule has 0 radical (unpaired) electrons. The van der Waals surface area contributed by atoms with Crippen molar-refractivity contribution in [1.29, 1.82) is 0 Å². The molecule has 3 N–H and O–H groups in total. The van der Waals surface area contributed by atoms with E-state index in [1.165, 1.54) is 12.3 Å². The van der Waals surface area contributed by atoms with Gasteiger partial charge in [-0.25, -0.2) is 18.7 Å². The zero-order valence-electron chi connectivity index (χ0n) is 20.4. The maximum Gasteiger partial charge on any atom is 0.280 e. The van der Waals surface area contributed by atoms with Gasteiger partial charge in [-0.2, -0.15) is 0 Å². The van der Waals surface area contributed by atoms with Crippen molar-refractivity contribution in [3.8, 4) is 10.4 Å². The summed E-state index contributed by atoms with van der Waals surface area (Å²) in [6, 6.07) is 1.56. The molecule has 5 rings (SSSR count). The second-order valence-corrected chi connectivity index (χ2v) is 11.6. The van der Waals surface area contributed by atoms with Crippen molar-refractivity contribution in [2.45, 2.75) is 76.5 Å². The molecule has 0 atom stereocenters. The van der Waals surface area contributed by atoms with Crippen LogP contribution in [0.2, 0.25) is 0 Å². The second-order valence-electron chi connectivity index (χ2n) is 10.6. The van der Waals surface area contributed by atoms with Crippen LogP contribution in [0.3, 0.4) is 0 Å². The Kier molecular flexibility index (Phi) is 6.71. The first-order valence-corrected chi connectivity index (χ1v) is 13.3. The Morgan fingerprint density at radius 1 is 1.19 bits per heavy atom. The van der Waals surface area contributed by atoms with Crippen LogP contribution >= 0.6 is 11.3 Å². The Labute approximate surface area is 212 Å². The van der Waals surface area contributed by atoms with Crippen LogP contribution < -0.4 is 10.6 Å². The lowest BCUT2D eigenvalue weighted by atomic mass is 10.0. The summed E-state index contributed by atoms with van der Waals surface area (Å²) >= 11 is 0.901. The van der Waals surface area contributed by atoms with Gasteiger partial charge < -0.3 is 20.6 Å². The SMILES string of the molecule is CC(C)(O)CNC(=O)c1nc(C(=O)N2C3CCC2CC3)c(-c2cnc(NCC3CC3)cc2C(F)F)s1. The van der Waals surface area contributed by atoms with Crippen molar-refractivity contribution in [2.75, 3.05) is 18.4 Å². The van der Waals surface area contributed by atoms with Crippen LogP contribution in [0.5, 0.6) is 0 Å². The quantitative estimate of drug-likeness (QED) is 0.458. The number of hydrogen-bond acceptors (Lipinski definition) is 7. The number of halogens is 2. The van der Waals surface area contributed by atoms with Crippen molar-refractivity contribution in [2.24, 2.45) is 5.92 Å². The normalized spacial score (nSPS) is 21.3. The largest absolute Gasteiger partial charge is 0.389 e. The molecule has 0 spiro atoms. The Morgan fingerprint density at radius 2 is 1.86 bits per heavy atom. The summed E-state index contributed by atoms with van der Waals surface area (Å²) in [5, 5.41) is 15.7. The maximum absolute atomic E-state index is 14.2. The number of nitrogens with one attached hydrogen (secondary N) is 2. The number of pyridine rings is 1. The van der Waals surface area contributed by atoms with E-state index in [2.05, 4.69) is 20.6 Å². The van der Waals surface area contributed by atoms with Gasteiger partial charge in [0.2, 0.25) is 0 Å². The summed E-state index contributed by atoms with van der Waals surface area (Å²) in [7, 11) is 0. The molecule has 2 saturated heterocycles. The molecule has 4 heterocycles.